The molecule has 2 atom stereocenters. The Morgan fingerprint density at radius 3 is 2.76 bits per heavy atom. The van der Waals surface area contributed by atoms with Crippen molar-refractivity contribution >= 4 is 17.3 Å². The summed E-state index contributed by atoms with van der Waals surface area (Å²) in [7, 11) is 3.79. The molecule has 1 aliphatic heterocycles. The van der Waals surface area contributed by atoms with Crippen LogP contribution in [-0.4, -0.2) is 37.7 Å². The largest absolute Gasteiger partial charge is 0.495 e. The molecule has 0 radical (unpaired) electrons. The Hall–Kier alpha value is -0.930. The van der Waals surface area contributed by atoms with E-state index in [1.165, 1.54) is 6.42 Å². The lowest BCUT2D eigenvalue weighted by Crippen LogP contribution is -2.24. The molecule has 3 nitrogen and oxygen atoms in total. The predicted molar refractivity (Wildman–Crippen MR) is 72.1 cm³/mol. The van der Waals surface area contributed by atoms with E-state index in [0.717, 1.165) is 12.2 Å². The summed E-state index contributed by atoms with van der Waals surface area (Å²) in [6, 6.07) is 6.96. The number of methoxy groups -OCH3 is 1. The number of ether oxygens (including phenoxy) is 1. The Bertz CT molecular complexity index is 387. The Morgan fingerprint density at radius 2 is 2.24 bits per heavy atom. The number of benzene rings is 1. The van der Waals surface area contributed by atoms with Crippen molar-refractivity contribution in [1.29, 1.82) is 0 Å². The molecule has 0 spiro atoms. The summed E-state index contributed by atoms with van der Waals surface area (Å²) in [6.45, 7) is 3.33. The van der Waals surface area contributed by atoms with Crippen molar-refractivity contribution in [2.45, 2.75) is 25.4 Å². The van der Waals surface area contributed by atoms with E-state index in [4.69, 9.17) is 16.3 Å². The molecule has 1 saturated heterocycles. The Kier molecular flexibility index (Phi) is 3.79. The maximum Gasteiger partial charge on any atom is 0.137 e. The number of hydrogen-bond donors (Lipinski definition) is 1. The van der Waals surface area contributed by atoms with Crippen LogP contribution in [0.1, 0.15) is 13.3 Å². The summed E-state index contributed by atoms with van der Waals surface area (Å²) >= 11 is 6.10. The predicted octanol–water partition coefficient (Wildman–Crippen LogP) is 2.85. The number of nitrogens with one attached hydrogen (secondary N) is 1. The summed E-state index contributed by atoms with van der Waals surface area (Å²) in [6.07, 6.45) is 1.17. The van der Waals surface area contributed by atoms with Gasteiger partial charge in [-0.25, -0.2) is 0 Å². The number of hydrogen-bond acceptors (Lipinski definition) is 3. The van der Waals surface area contributed by atoms with E-state index in [0.29, 0.717) is 22.9 Å². The normalized spacial score (nSPS) is 24.9. The SMILES string of the molecule is COc1ccc(NC2CC(C)N(C)C2)cc1Cl. The van der Waals surface area contributed by atoms with Gasteiger partial charge in [0.2, 0.25) is 0 Å². The Morgan fingerprint density at radius 1 is 1.47 bits per heavy atom. The van der Waals surface area contributed by atoms with Crippen molar-refractivity contribution in [2.75, 3.05) is 26.0 Å². The molecule has 0 aromatic heterocycles. The standard InChI is InChI=1S/C13H19ClN2O/c1-9-6-11(8-16(9)2)15-10-4-5-13(17-3)12(14)7-10/h4-5,7,9,11,15H,6,8H2,1-3H3. The third kappa shape index (κ3) is 2.85. The van der Waals surface area contributed by atoms with E-state index >= 15 is 0 Å². The highest BCUT2D eigenvalue weighted by molar-refractivity contribution is 6.32. The Balaban J connectivity index is 2.02. The minimum absolute atomic E-state index is 0.500. The van der Waals surface area contributed by atoms with Gasteiger partial charge in [0.1, 0.15) is 5.75 Å². The average Bonchev–Trinajstić information content (AvgIpc) is 2.58. The topological polar surface area (TPSA) is 24.5 Å². The van der Waals surface area contributed by atoms with Gasteiger partial charge in [-0.3, -0.25) is 0 Å². The van der Waals surface area contributed by atoms with Gasteiger partial charge in [0.15, 0.2) is 0 Å². The summed E-state index contributed by atoms with van der Waals surface area (Å²) in [5.74, 6) is 0.717. The molecule has 0 saturated carbocycles. The van der Waals surface area contributed by atoms with Gasteiger partial charge in [-0.15, -0.1) is 0 Å². The van der Waals surface area contributed by atoms with Crippen molar-refractivity contribution < 1.29 is 4.74 Å². The van der Waals surface area contributed by atoms with Crippen LogP contribution < -0.4 is 10.1 Å². The molecule has 2 rings (SSSR count). The van der Waals surface area contributed by atoms with Gasteiger partial charge in [-0.05, 0) is 38.6 Å². The molecule has 0 bridgehead atoms. The van der Waals surface area contributed by atoms with Crippen molar-refractivity contribution in [3.63, 3.8) is 0 Å². The molecular formula is C13H19ClN2O. The van der Waals surface area contributed by atoms with Crippen LogP contribution in [0, 0.1) is 0 Å². The van der Waals surface area contributed by atoms with Gasteiger partial charge in [0, 0.05) is 24.3 Å². The summed E-state index contributed by atoms with van der Waals surface area (Å²) in [4.78, 5) is 2.36. The van der Waals surface area contributed by atoms with Crippen LogP contribution >= 0.6 is 11.6 Å². The monoisotopic (exact) mass is 254 g/mol. The molecule has 1 N–H and O–H groups in total. The number of halogens is 1. The molecule has 94 valence electrons. The van der Waals surface area contributed by atoms with Crippen molar-refractivity contribution in [1.82, 2.24) is 4.90 Å². The smallest absolute Gasteiger partial charge is 0.137 e. The molecule has 1 fully saturated rings. The maximum absolute atomic E-state index is 6.10. The average molecular weight is 255 g/mol. The zero-order valence-electron chi connectivity index (χ0n) is 10.5. The lowest BCUT2D eigenvalue weighted by molar-refractivity contribution is 0.330. The van der Waals surface area contributed by atoms with Crippen LogP contribution in [0.5, 0.6) is 5.75 Å². The fourth-order valence-corrected chi connectivity index (χ4v) is 2.55. The molecule has 17 heavy (non-hydrogen) atoms. The molecule has 0 amide bonds. The minimum atomic E-state index is 0.500. The summed E-state index contributed by atoms with van der Waals surface area (Å²) in [5.41, 5.74) is 1.06. The Labute approximate surface area is 108 Å². The third-order valence-electron chi connectivity index (χ3n) is 3.41. The minimum Gasteiger partial charge on any atom is -0.495 e. The van der Waals surface area contributed by atoms with Gasteiger partial charge in [-0.2, -0.15) is 0 Å². The molecule has 2 unspecified atom stereocenters. The summed E-state index contributed by atoms with van der Waals surface area (Å²) < 4.78 is 5.14. The number of rotatable bonds is 3. The van der Waals surface area contributed by atoms with Gasteiger partial charge in [0.05, 0.1) is 12.1 Å². The molecule has 0 aliphatic carbocycles. The van der Waals surface area contributed by atoms with Crippen LogP contribution in [0.2, 0.25) is 5.02 Å². The van der Waals surface area contributed by atoms with E-state index in [1.54, 1.807) is 7.11 Å². The fourth-order valence-electron chi connectivity index (χ4n) is 2.29. The quantitative estimate of drug-likeness (QED) is 0.898. The van der Waals surface area contributed by atoms with Gasteiger partial charge < -0.3 is 15.0 Å². The second-order valence-electron chi connectivity index (χ2n) is 4.71. The number of likely N-dealkylation sites (N-methyl/N-ethyl adjacent to an activating group) is 1. The maximum atomic E-state index is 6.10. The first-order chi connectivity index (χ1) is 8.10. The van der Waals surface area contributed by atoms with E-state index in [9.17, 15) is 0 Å². The number of nitrogens with zero attached hydrogens (tertiary/aromatic N) is 1. The van der Waals surface area contributed by atoms with Crippen molar-refractivity contribution in [3.8, 4) is 5.75 Å². The van der Waals surface area contributed by atoms with Crippen molar-refractivity contribution in [2.24, 2.45) is 0 Å². The van der Waals surface area contributed by atoms with Gasteiger partial charge in [0.25, 0.3) is 0 Å². The van der Waals surface area contributed by atoms with E-state index in [2.05, 4.69) is 24.2 Å². The molecule has 1 aromatic rings. The lowest BCUT2D eigenvalue weighted by atomic mass is 10.2. The van der Waals surface area contributed by atoms with Crippen LogP contribution in [0.25, 0.3) is 0 Å². The molecule has 1 heterocycles. The highest BCUT2D eigenvalue weighted by Crippen LogP contribution is 2.28. The first-order valence-corrected chi connectivity index (χ1v) is 6.28. The van der Waals surface area contributed by atoms with Crippen molar-refractivity contribution in [3.05, 3.63) is 23.2 Å². The summed E-state index contributed by atoms with van der Waals surface area (Å²) in [5, 5.41) is 4.16. The second-order valence-corrected chi connectivity index (χ2v) is 5.12. The molecule has 1 aliphatic rings. The zero-order chi connectivity index (χ0) is 12.4. The second kappa shape index (κ2) is 5.15. The van der Waals surface area contributed by atoms with Crippen LogP contribution in [0.4, 0.5) is 5.69 Å². The first kappa shape index (κ1) is 12.5. The van der Waals surface area contributed by atoms with E-state index in [-0.39, 0.29) is 0 Å². The number of anilines is 1. The van der Waals surface area contributed by atoms with Crippen LogP contribution in [0.15, 0.2) is 18.2 Å². The highest BCUT2D eigenvalue weighted by Gasteiger charge is 2.25. The van der Waals surface area contributed by atoms with Crippen LogP contribution in [0.3, 0.4) is 0 Å². The van der Waals surface area contributed by atoms with E-state index in [1.807, 2.05) is 18.2 Å². The van der Waals surface area contributed by atoms with E-state index < -0.39 is 0 Å². The molecule has 1 aromatic carbocycles. The van der Waals surface area contributed by atoms with Gasteiger partial charge in [-0.1, -0.05) is 11.6 Å². The van der Waals surface area contributed by atoms with Crippen LogP contribution in [-0.2, 0) is 0 Å². The fraction of sp³-hybridized carbons (Fsp3) is 0.538. The number of likely N-dealkylation sites (tertiary alicyclic amines) is 1. The lowest BCUT2D eigenvalue weighted by Gasteiger charge is -2.15. The molecule has 4 heteroatoms. The zero-order valence-corrected chi connectivity index (χ0v) is 11.3. The molecular weight excluding hydrogens is 236 g/mol. The first-order valence-electron chi connectivity index (χ1n) is 5.90. The third-order valence-corrected chi connectivity index (χ3v) is 3.70. The highest BCUT2D eigenvalue weighted by atomic mass is 35.5. The van der Waals surface area contributed by atoms with Gasteiger partial charge >= 0.3 is 0 Å².